The highest BCUT2D eigenvalue weighted by Gasteiger charge is 2.26. The molecule has 0 saturated carbocycles. The molecule has 32 heavy (non-hydrogen) atoms. The highest BCUT2D eigenvalue weighted by atomic mass is 19.1. The van der Waals surface area contributed by atoms with E-state index in [1.165, 1.54) is 17.7 Å². The molecule has 0 aliphatic carbocycles. The number of halogens is 1. The van der Waals surface area contributed by atoms with Crippen LogP contribution in [0.15, 0.2) is 60.7 Å². The van der Waals surface area contributed by atoms with Gasteiger partial charge in [-0.1, -0.05) is 24.3 Å². The Morgan fingerprint density at radius 1 is 1.06 bits per heavy atom. The molecule has 3 aromatic rings. The van der Waals surface area contributed by atoms with Crippen LogP contribution < -0.4 is 15.4 Å². The van der Waals surface area contributed by atoms with E-state index in [2.05, 4.69) is 49.6 Å². The Hall–Kier alpha value is -3.31. The van der Waals surface area contributed by atoms with E-state index in [-0.39, 0.29) is 18.0 Å². The van der Waals surface area contributed by atoms with Gasteiger partial charge in [-0.3, -0.25) is 0 Å². The van der Waals surface area contributed by atoms with Gasteiger partial charge in [0.1, 0.15) is 11.6 Å². The normalized spacial score (nSPS) is 14.2. The first-order valence-corrected chi connectivity index (χ1v) is 10.7. The zero-order valence-corrected chi connectivity index (χ0v) is 18.9. The maximum Gasteiger partial charge on any atom is 0.129 e. The quantitative estimate of drug-likeness (QED) is 0.433. The van der Waals surface area contributed by atoms with E-state index < -0.39 is 0 Å². The van der Waals surface area contributed by atoms with Crippen molar-refractivity contribution in [2.24, 2.45) is 0 Å². The number of allylic oxidation sites excluding steroid dienone is 1. The Labute approximate surface area is 188 Å². The molecule has 166 valence electrons. The number of aliphatic hydroxyl groups is 1. The predicted molar refractivity (Wildman–Crippen MR) is 129 cm³/mol. The molecule has 0 saturated heterocycles. The zero-order chi connectivity index (χ0) is 22.9. The summed E-state index contributed by atoms with van der Waals surface area (Å²) in [5, 5.41) is 16.6. The molecule has 0 spiro atoms. The summed E-state index contributed by atoms with van der Waals surface area (Å²) in [4.78, 5) is 0. The molecule has 1 aliphatic rings. The van der Waals surface area contributed by atoms with Crippen LogP contribution in [0.4, 0.5) is 15.8 Å². The highest BCUT2D eigenvalue weighted by molar-refractivity contribution is 5.88. The number of anilines is 2. The number of rotatable bonds is 6. The second-order valence-corrected chi connectivity index (χ2v) is 8.74. The molecular weight excluding hydrogens is 403 g/mol. The van der Waals surface area contributed by atoms with Crippen molar-refractivity contribution in [3.63, 3.8) is 0 Å². The van der Waals surface area contributed by atoms with E-state index in [4.69, 9.17) is 4.74 Å². The van der Waals surface area contributed by atoms with Gasteiger partial charge in [-0.2, -0.15) is 0 Å². The van der Waals surface area contributed by atoms with E-state index in [1.54, 1.807) is 13.2 Å². The topological polar surface area (TPSA) is 53.5 Å². The third-order valence-electron chi connectivity index (χ3n) is 5.77. The Balaban J connectivity index is 1.85. The summed E-state index contributed by atoms with van der Waals surface area (Å²) in [6, 6.07) is 16.5. The van der Waals surface area contributed by atoms with Gasteiger partial charge in [-0.05, 0) is 73.4 Å². The summed E-state index contributed by atoms with van der Waals surface area (Å²) in [6.45, 7) is 6.97. The summed E-state index contributed by atoms with van der Waals surface area (Å²) in [7, 11) is 1.56. The maximum atomic E-state index is 13.9. The molecule has 0 aromatic heterocycles. The van der Waals surface area contributed by atoms with Gasteiger partial charge in [-0.15, -0.1) is 0 Å². The first-order chi connectivity index (χ1) is 15.3. The number of nitrogens with one attached hydrogen (secondary N) is 2. The lowest BCUT2D eigenvalue weighted by Crippen LogP contribution is -2.32. The SMILES string of the molecule is COc1cc(F)ccc1-c1ccc2c(c1CNc1cccc(CO)c1)C(C)=CC(C)(C)N2. The van der Waals surface area contributed by atoms with Crippen LogP contribution >= 0.6 is 0 Å². The molecule has 1 heterocycles. The molecule has 0 unspecified atom stereocenters. The Morgan fingerprint density at radius 3 is 2.59 bits per heavy atom. The number of ether oxygens (including phenoxy) is 1. The van der Waals surface area contributed by atoms with Crippen LogP contribution in [0, 0.1) is 5.82 Å². The van der Waals surface area contributed by atoms with Crippen molar-refractivity contribution in [3.05, 3.63) is 83.2 Å². The van der Waals surface area contributed by atoms with Crippen molar-refractivity contribution in [2.45, 2.75) is 39.5 Å². The minimum absolute atomic E-state index is 0.00483. The molecule has 4 rings (SSSR count). The first kappa shape index (κ1) is 21.9. The van der Waals surface area contributed by atoms with E-state index >= 15 is 0 Å². The zero-order valence-electron chi connectivity index (χ0n) is 18.9. The third-order valence-corrected chi connectivity index (χ3v) is 5.77. The molecule has 3 N–H and O–H groups in total. The van der Waals surface area contributed by atoms with E-state index in [9.17, 15) is 9.50 Å². The van der Waals surface area contributed by atoms with Gasteiger partial charge in [0.15, 0.2) is 0 Å². The molecule has 5 heteroatoms. The van der Waals surface area contributed by atoms with E-state index in [0.29, 0.717) is 12.3 Å². The molecule has 0 amide bonds. The fourth-order valence-electron chi connectivity index (χ4n) is 4.49. The van der Waals surface area contributed by atoms with Crippen molar-refractivity contribution < 1.29 is 14.2 Å². The molecule has 0 fully saturated rings. The Kier molecular flexibility index (Phi) is 5.94. The average molecular weight is 433 g/mol. The van der Waals surface area contributed by atoms with Crippen LogP contribution in [0.2, 0.25) is 0 Å². The van der Waals surface area contributed by atoms with Gasteiger partial charge >= 0.3 is 0 Å². The number of hydrogen-bond acceptors (Lipinski definition) is 4. The number of hydrogen-bond donors (Lipinski definition) is 3. The molecule has 1 aliphatic heterocycles. The monoisotopic (exact) mass is 432 g/mol. The van der Waals surface area contributed by atoms with Gasteiger partial charge in [-0.25, -0.2) is 4.39 Å². The minimum atomic E-state index is -0.330. The summed E-state index contributed by atoms with van der Waals surface area (Å²) < 4.78 is 19.4. The van der Waals surface area contributed by atoms with Crippen molar-refractivity contribution in [1.29, 1.82) is 0 Å². The summed E-state index contributed by atoms with van der Waals surface area (Å²) in [5.74, 6) is 0.169. The van der Waals surface area contributed by atoms with Gasteiger partial charge in [0.2, 0.25) is 0 Å². The van der Waals surface area contributed by atoms with E-state index in [1.807, 2.05) is 24.3 Å². The number of benzene rings is 3. The van der Waals surface area contributed by atoms with Crippen LogP contribution in [0.25, 0.3) is 16.7 Å². The molecule has 0 radical (unpaired) electrons. The lowest BCUT2D eigenvalue weighted by molar-refractivity contribution is 0.282. The summed E-state index contributed by atoms with van der Waals surface area (Å²) in [5.41, 5.74) is 7.95. The molecule has 0 atom stereocenters. The van der Waals surface area contributed by atoms with Crippen molar-refractivity contribution in [1.82, 2.24) is 0 Å². The Bertz CT molecular complexity index is 1180. The predicted octanol–water partition coefficient (Wildman–Crippen LogP) is 6.21. The molecule has 4 nitrogen and oxygen atoms in total. The second-order valence-electron chi connectivity index (χ2n) is 8.74. The lowest BCUT2D eigenvalue weighted by Gasteiger charge is -2.33. The van der Waals surface area contributed by atoms with Gasteiger partial charge in [0, 0.05) is 35.1 Å². The molecule has 3 aromatic carbocycles. The van der Waals surface area contributed by atoms with Crippen LogP contribution in [-0.2, 0) is 13.2 Å². The van der Waals surface area contributed by atoms with Gasteiger partial charge in [0.05, 0.1) is 19.3 Å². The smallest absolute Gasteiger partial charge is 0.129 e. The van der Waals surface area contributed by atoms with Crippen molar-refractivity contribution in [2.75, 3.05) is 17.7 Å². The number of aliphatic hydroxyl groups excluding tert-OH is 1. The van der Waals surface area contributed by atoms with Crippen LogP contribution in [-0.4, -0.2) is 17.8 Å². The van der Waals surface area contributed by atoms with Crippen LogP contribution in [0.5, 0.6) is 5.75 Å². The Morgan fingerprint density at radius 2 is 1.84 bits per heavy atom. The number of methoxy groups -OCH3 is 1. The third kappa shape index (κ3) is 4.34. The van der Waals surface area contributed by atoms with Crippen molar-refractivity contribution >= 4 is 16.9 Å². The molecule has 0 bridgehead atoms. The lowest BCUT2D eigenvalue weighted by atomic mass is 9.85. The highest BCUT2D eigenvalue weighted by Crippen LogP contribution is 2.42. The second kappa shape index (κ2) is 8.67. The average Bonchev–Trinajstić information content (AvgIpc) is 2.76. The molecular formula is C27H29FN2O2. The van der Waals surface area contributed by atoms with Crippen LogP contribution in [0.1, 0.15) is 37.5 Å². The summed E-state index contributed by atoms with van der Waals surface area (Å²) in [6.07, 6.45) is 2.23. The fraction of sp³-hybridized carbons (Fsp3) is 0.259. The first-order valence-electron chi connectivity index (χ1n) is 10.7. The standard InChI is InChI=1S/C27H29FN2O2/c1-17-14-27(2,3)30-24-11-10-21(22-9-8-19(28)13-25(22)32-4)23(26(17)24)15-29-20-7-5-6-18(12-20)16-31/h5-14,29-31H,15-16H2,1-4H3. The largest absolute Gasteiger partial charge is 0.496 e. The van der Waals surface area contributed by atoms with E-state index in [0.717, 1.165) is 39.2 Å². The van der Waals surface area contributed by atoms with Crippen molar-refractivity contribution in [3.8, 4) is 16.9 Å². The fourth-order valence-corrected chi connectivity index (χ4v) is 4.49. The minimum Gasteiger partial charge on any atom is -0.496 e. The maximum absolute atomic E-state index is 13.9. The van der Waals surface area contributed by atoms with Gasteiger partial charge < -0.3 is 20.5 Å². The van der Waals surface area contributed by atoms with Crippen LogP contribution in [0.3, 0.4) is 0 Å². The van der Waals surface area contributed by atoms with Gasteiger partial charge in [0.25, 0.3) is 0 Å². The summed E-state index contributed by atoms with van der Waals surface area (Å²) >= 11 is 0. The number of fused-ring (bicyclic) bond motifs is 1.